The first kappa shape index (κ1) is 17.0. The minimum atomic E-state index is -0.862. The van der Waals surface area contributed by atoms with E-state index in [0.717, 1.165) is 19.6 Å². The fourth-order valence-corrected chi connectivity index (χ4v) is 2.69. The van der Waals surface area contributed by atoms with Crippen molar-refractivity contribution in [2.45, 2.75) is 58.9 Å². The Morgan fingerprint density at radius 3 is 2.35 bits per heavy atom. The van der Waals surface area contributed by atoms with Gasteiger partial charge in [-0.1, -0.05) is 20.8 Å². The number of likely N-dealkylation sites (tertiary alicyclic amines) is 1. The molecule has 0 saturated carbocycles. The number of aliphatic carboxylic acids is 1. The number of nitrogens with zero attached hydrogens (tertiary/aromatic N) is 1. The van der Waals surface area contributed by atoms with Crippen molar-refractivity contribution < 1.29 is 14.7 Å². The molecule has 0 aliphatic carbocycles. The molecule has 0 radical (unpaired) electrons. The van der Waals surface area contributed by atoms with Gasteiger partial charge in [-0.15, -0.1) is 0 Å². The maximum Gasteiger partial charge on any atom is 0.305 e. The molecule has 20 heavy (non-hydrogen) atoms. The van der Waals surface area contributed by atoms with Gasteiger partial charge in [0.25, 0.3) is 0 Å². The van der Waals surface area contributed by atoms with Gasteiger partial charge in [0.2, 0.25) is 5.91 Å². The lowest BCUT2D eigenvalue weighted by atomic mass is 9.87. The highest BCUT2D eigenvalue weighted by atomic mass is 16.4. The topological polar surface area (TPSA) is 69.6 Å². The van der Waals surface area contributed by atoms with Gasteiger partial charge in [-0.3, -0.25) is 9.59 Å². The molecule has 5 nitrogen and oxygen atoms in total. The molecule has 1 fully saturated rings. The molecule has 1 aliphatic rings. The highest BCUT2D eigenvalue weighted by Gasteiger charge is 2.23. The number of carbonyl (C=O) groups is 2. The highest BCUT2D eigenvalue weighted by molar-refractivity contribution is 5.77. The van der Waals surface area contributed by atoms with E-state index in [1.165, 1.54) is 12.8 Å². The van der Waals surface area contributed by atoms with Gasteiger partial charge in [-0.2, -0.15) is 0 Å². The van der Waals surface area contributed by atoms with Gasteiger partial charge in [0, 0.05) is 19.0 Å². The van der Waals surface area contributed by atoms with E-state index in [9.17, 15) is 9.59 Å². The third-order valence-corrected chi connectivity index (χ3v) is 3.50. The Labute approximate surface area is 121 Å². The van der Waals surface area contributed by atoms with E-state index in [0.29, 0.717) is 12.8 Å². The average Bonchev–Trinajstić information content (AvgIpc) is 2.75. The number of amides is 1. The molecule has 5 heteroatoms. The van der Waals surface area contributed by atoms with Crippen LogP contribution in [-0.2, 0) is 9.59 Å². The van der Waals surface area contributed by atoms with Gasteiger partial charge in [-0.25, -0.2) is 0 Å². The van der Waals surface area contributed by atoms with Gasteiger partial charge >= 0.3 is 5.97 Å². The van der Waals surface area contributed by atoms with Crippen LogP contribution >= 0.6 is 0 Å². The van der Waals surface area contributed by atoms with Gasteiger partial charge in [0.15, 0.2) is 0 Å². The van der Waals surface area contributed by atoms with Crippen LogP contribution in [0.3, 0.4) is 0 Å². The van der Waals surface area contributed by atoms with Crippen molar-refractivity contribution in [1.82, 2.24) is 10.2 Å². The largest absolute Gasteiger partial charge is 0.481 e. The van der Waals surface area contributed by atoms with E-state index < -0.39 is 5.97 Å². The summed E-state index contributed by atoms with van der Waals surface area (Å²) in [6.45, 7) is 9.09. The molecule has 1 heterocycles. The lowest BCUT2D eigenvalue weighted by molar-refractivity contribution is -0.137. The Morgan fingerprint density at radius 2 is 1.85 bits per heavy atom. The lowest BCUT2D eigenvalue weighted by Crippen LogP contribution is -2.40. The van der Waals surface area contributed by atoms with Crippen LogP contribution in [0.1, 0.15) is 52.9 Å². The van der Waals surface area contributed by atoms with Crippen LogP contribution in [0.5, 0.6) is 0 Å². The predicted octanol–water partition coefficient (Wildman–Crippen LogP) is 1.87. The molecule has 1 aliphatic heterocycles. The minimum absolute atomic E-state index is 0.00233. The third kappa shape index (κ3) is 7.48. The van der Waals surface area contributed by atoms with Crippen LogP contribution in [-0.4, -0.2) is 47.6 Å². The third-order valence-electron chi connectivity index (χ3n) is 3.50. The molecular weight excluding hydrogens is 256 g/mol. The standard InChI is InChI=1S/C15H28N2O3/c1-15(2,3)11-12(10-14(19)20)16-13(18)6-9-17-7-4-5-8-17/h12H,4-11H2,1-3H3,(H,16,18)(H,19,20). The summed E-state index contributed by atoms with van der Waals surface area (Å²) in [5, 5.41) is 11.8. The molecule has 1 unspecified atom stereocenters. The van der Waals surface area contributed by atoms with Crippen molar-refractivity contribution in [2.24, 2.45) is 5.41 Å². The van der Waals surface area contributed by atoms with E-state index in [1.54, 1.807) is 0 Å². The Morgan fingerprint density at radius 1 is 1.25 bits per heavy atom. The zero-order valence-electron chi connectivity index (χ0n) is 12.9. The lowest BCUT2D eigenvalue weighted by Gasteiger charge is -2.26. The quantitative estimate of drug-likeness (QED) is 0.749. The molecule has 1 rings (SSSR count). The Kier molecular flexibility index (Phi) is 6.46. The molecule has 0 aromatic heterocycles. The molecule has 0 aromatic rings. The Hall–Kier alpha value is -1.10. The fourth-order valence-electron chi connectivity index (χ4n) is 2.69. The van der Waals surface area contributed by atoms with Crippen molar-refractivity contribution in [1.29, 1.82) is 0 Å². The Balaban J connectivity index is 2.37. The Bertz CT molecular complexity index is 331. The summed E-state index contributed by atoms with van der Waals surface area (Å²) in [4.78, 5) is 25.1. The molecule has 116 valence electrons. The van der Waals surface area contributed by atoms with Crippen molar-refractivity contribution in [2.75, 3.05) is 19.6 Å². The number of carbonyl (C=O) groups excluding carboxylic acids is 1. The molecule has 0 spiro atoms. The molecular formula is C15H28N2O3. The van der Waals surface area contributed by atoms with E-state index >= 15 is 0 Å². The zero-order chi connectivity index (χ0) is 15.2. The van der Waals surface area contributed by atoms with Crippen molar-refractivity contribution in [3.8, 4) is 0 Å². The summed E-state index contributed by atoms with van der Waals surface area (Å²) >= 11 is 0. The first-order valence-corrected chi connectivity index (χ1v) is 7.50. The maximum absolute atomic E-state index is 11.9. The summed E-state index contributed by atoms with van der Waals surface area (Å²) in [7, 11) is 0. The van der Waals surface area contributed by atoms with E-state index in [4.69, 9.17) is 5.11 Å². The number of nitrogens with one attached hydrogen (secondary N) is 1. The molecule has 1 saturated heterocycles. The van der Waals surface area contributed by atoms with E-state index in [2.05, 4.69) is 31.0 Å². The van der Waals surface area contributed by atoms with E-state index in [-0.39, 0.29) is 23.8 Å². The maximum atomic E-state index is 11.9. The second-order valence-electron chi connectivity index (χ2n) is 6.93. The summed E-state index contributed by atoms with van der Waals surface area (Å²) in [5.41, 5.74) is 0.00233. The van der Waals surface area contributed by atoms with Crippen LogP contribution in [0.4, 0.5) is 0 Å². The molecule has 1 amide bonds. The van der Waals surface area contributed by atoms with Crippen molar-refractivity contribution in [3.05, 3.63) is 0 Å². The summed E-state index contributed by atoms with van der Waals surface area (Å²) in [6.07, 6.45) is 3.56. The summed E-state index contributed by atoms with van der Waals surface area (Å²) < 4.78 is 0. The van der Waals surface area contributed by atoms with Crippen LogP contribution in [0.15, 0.2) is 0 Å². The number of hydrogen-bond acceptors (Lipinski definition) is 3. The smallest absolute Gasteiger partial charge is 0.305 e. The van der Waals surface area contributed by atoms with E-state index in [1.807, 2.05) is 0 Å². The van der Waals surface area contributed by atoms with Crippen LogP contribution in [0.25, 0.3) is 0 Å². The average molecular weight is 284 g/mol. The predicted molar refractivity (Wildman–Crippen MR) is 78.5 cm³/mol. The molecule has 0 bridgehead atoms. The molecule has 2 N–H and O–H groups in total. The normalized spacial score (nSPS) is 17.9. The van der Waals surface area contributed by atoms with Crippen molar-refractivity contribution in [3.63, 3.8) is 0 Å². The number of hydrogen-bond donors (Lipinski definition) is 2. The molecule has 0 aromatic carbocycles. The van der Waals surface area contributed by atoms with Gasteiger partial charge in [0.1, 0.15) is 0 Å². The summed E-state index contributed by atoms with van der Waals surface area (Å²) in [5.74, 6) is -0.897. The van der Waals surface area contributed by atoms with Crippen LogP contribution < -0.4 is 5.32 Å². The van der Waals surface area contributed by atoms with Crippen LogP contribution in [0.2, 0.25) is 0 Å². The molecule has 1 atom stereocenters. The number of carboxylic acids is 1. The van der Waals surface area contributed by atoms with Crippen molar-refractivity contribution >= 4 is 11.9 Å². The highest BCUT2D eigenvalue weighted by Crippen LogP contribution is 2.22. The monoisotopic (exact) mass is 284 g/mol. The summed E-state index contributed by atoms with van der Waals surface area (Å²) in [6, 6.07) is -0.279. The first-order chi connectivity index (χ1) is 9.26. The zero-order valence-corrected chi connectivity index (χ0v) is 12.9. The fraction of sp³-hybridized carbons (Fsp3) is 0.867. The second kappa shape index (κ2) is 7.62. The SMILES string of the molecule is CC(C)(C)CC(CC(=O)O)NC(=O)CCN1CCCC1. The number of rotatable bonds is 7. The van der Waals surface area contributed by atoms with Gasteiger partial charge in [-0.05, 0) is 37.8 Å². The van der Waals surface area contributed by atoms with Gasteiger partial charge in [0.05, 0.1) is 6.42 Å². The first-order valence-electron chi connectivity index (χ1n) is 7.50. The minimum Gasteiger partial charge on any atom is -0.481 e. The second-order valence-corrected chi connectivity index (χ2v) is 6.93. The van der Waals surface area contributed by atoms with Crippen LogP contribution in [0, 0.1) is 5.41 Å². The number of carboxylic acid groups (broad SMARTS) is 1. The van der Waals surface area contributed by atoms with Gasteiger partial charge < -0.3 is 15.3 Å².